The minimum atomic E-state index is -0.192. The zero-order valence-electron chi connectivity index (χ0n) is 17.3. The van der Waals surface area contributed by atoms with Crippen molar-refractivity contribution >= 4 is 16.7 Å². The van der Waals surface area contributed by atoms with Gasteiger partial charge in [-0.3, -0.25) is 4.79 Å². The van der Waals surface area contributed by atoms with E-state index in [1.54, 1.807) is 11.0 Å². The number of carbonyl (C=O) groups excluding carboxylic acids is 1. The smallest absolute Gasteiger partial charge is 0.261 e. The van der Waals surface area contributed by atoms with E-state index in [0.717, 1.165) is 21.9 Å². The van der Waals surface area contributed by atoms with Gasteiger partial charge in [0.2, 0.25) is 11.7 Å². The van der Waals surface area contributed by atoms with Crippen LogP contribution in [0.25, 0.3) is 22.2 Å². The van der Waals surface area contributed by atoms with Crippen LogP contribution in [0.4, 0.5) is 0 Å². The molecule has 6 heteroatoms. The minimum absolute atomic E-state index is 0.0921. The van der Waals surface area contributed by atoms with Gasteiger partial charge in [-0.2, -0.15) is 4.98 Å². The molecule has 0 atom stereocenters. The van der Waals surface area contributed by atoms with Crippen LogP contribution in [0, 0.1) is 6.92 Å². The molecule has 3 aromatic carbocycles. The highest BCUT2D eigenvalue weighted by molar-refractivity contribution is 5.84. The quantitative estimate of drug-likeness (QED) is 0.389. The molecule has 1 aromatic heterocycles. The molecular weight excluding hydrogens is 390 g/mol. The number of benzene rings is 3. The van der Waals surface area contributed by atoms with Crippen LogP contribution >= 0.6 is 0 Å². The first kappa shape index (κ1) is 20.3. The number of aromatic nitrogens is 2. The molecule has 0 aliphatic rings. The third-order valence-corrected chi connectivity index (χ3v) is 4.89. The van der Waals surface area contributed by atoms with Crippen LogP contribution in [-0.2, 0) is 11.3 Å². The summed E-state index contributed by atoms with van der Waals surface area (Å²) in [4.78, 5) is 18.7. The summed E-state index contributed by atoms with van der Waals surface area (Å²) < 4.78 is 11.1. The van der Waals surface area contributed by atoms with Gasteiger partial charge in [-0.25, -0.2) is 0 Å². The maximum absolute atomic E-state index is 12.8. The molecule has 156 valence electrons. The SMILES string of the molecule is C=CCN(Cc1nc(-c2ccc(C)cc2)no1)C(=O)COc1ccc2ccccc2c1. The van der Waals surface area contributed by atoms with Gasteiger partial charge in [0.05, 0.1) is 0 Å². The van der Waals surface area contributed by atoms with E-state index in [4.69, 9.17) is 9.26 Å². The summed E-state index contributed by atoms with van der Waals surface area (Å²) in [5, 5.41) is 6.21. The molecule has 6 nitrogen and oxygen atoms in total. The Bertz CT molecular complexity index is 1200. The molecule has 0 N–H and O–H groups in total. The molecule has 1 amide bonds. The summed E-state index contributed by atoms with van der Waals surface area (Å²) in [7, 11) is 0. The lowest BCUT2D eigenvalue weighted by molar-refractivity contribution is -0.133. The molecular formula is C25H23N3O3. The van der Waals surface area contributed by atoms with Crippen LogP contribution in [0.3, 0.4) is 0 Å². The second kappa shape index (κ2) is 9.26. The first-order chi connectivity index (χ1) is 15.1. The molecule has 0 aliphatic carbocycles. The average molecular weight is 413 g/mol. The highest BCUT2D eigenvalue weighted by atomic mass is 16.5. The van der Waals surface area contributed by atoms with Crippen molar-refractivity contribution in [2.75, 3.05) is 13.2 Å². The largest absolute Gasteiger partial charge is 0.484 e. The molecule has 0 fully saturated rings. The van der Waals surface area contributed by atoms with E-state index < -0.39 is 0 Å². The summed E-state index contributed by atoms with van der Waals surface area (Å²) in [6.07, 6.45) is 1.66. The van der Waals surface area contributed by atoms with Crippen LogP contribution in [0.5, 0.6) is 5.75 Å². The van der Waals surface area contributed by atoms with Gasteiger partial charge in [0.1, 0.15) is 12.3 Å². The van der Waals surface area contributed by atoms with Crippen molar-refractivity contribution in [3.05, 3.63) is 90.8 Å². The number of ether oxygens (including phenoxy) is 1. The highest BCUT2D eigenvalue weighted by Crippen LogP contribution is 2.21. The predicted octanol–water partition coefficient (Wildman–Crippen LogP) is 4.79. The lowest BCUT2D eigenvalue weighted by atomic mass is 10.1. The number of hydrogen-bond acceptors (Lipinski definition) is 5. The first-order valence-electron chi connectivity index (χ1n) is 10.0. The van der Waals surface area contributed by atoms with Crippen LogP contribution < -0.4 is 4.74 Å². The zero-order valence-corrected chi connectivity index (χ0v) is 17.3. The molecule has 0 saturated carbocycles. The Morgan fingerprint density at radius 3 is 2.65 bits per heavy atom. The van der Waals surface area contributed by atoms with Crippen molar-refractivity contribution in [2.24, 2.45) is 0 Å². The summed E-state index contributed by atoms with van der Waals surface area (Å²) >= 11 is 0. The van der Waals surface area contributed by atoms with Gasteiger partial charge in [0, 0.05) is 12.1 Å². The maximum Gasteiger partial charge on any atom is 0.261 e. The fourth-order valence-corrected chi connectivity index (χ4v) is 3.21. The van der Waals surface area contributed by atoms with Crippen molar-refractivity contribution in [3.63, 3.8) is 0 Å². The van der Waals surface area contributed by atoms with Crippen molar-refractivity contribution < 1.29 is 14.1 Å². The molecule has 31 heavy (non-hydrogen) atoms. The normalized spacial score (nSPS) is 10.7. The van der Waals surface area contributed by atoms with E-state index in [-0.39, 0.29) is 19.1 Å². The van der Waals surface area contributed by atoms with Crippen LogP contribution in [0.1, 0.15) is 11.5 Å². The molecule has 4 rings (SSSR count). The Morgan fingerprint density at radius 2 is 1.87 bits per heavy atom. The molecule has 0 bridgehead atoms. The molecule has 0 spiro atoms. The Balaban J connectivity index is 1.41. The molecule has 0 unspecified atom stereocenters. The topological polar surface area (TPSA) is 68.5 Å². The number of fused-ring (bicyclic) bond motifs is 1. The van der Waals surface area contributed by atoms with E-state index >= 15 is 0 Å². The predicted molar refractivity (Wildman–Crippen MR) is 120 cm³/mol. The number of rotatable bonds is 8. The summed E-state index contributed by atoms with van der Waals surface area (Å²) in [5.41, 5.74) is 2.02. The Labute approximate surface area is 180 Å². The number of amides is 1. The Morgan fingerprint density at radius 1 is 1.10 bits per heavy atom. The zero-order chi connectivity index (χ0) is 21.6. The lowest BCUT2D eigenvalue weighted by Crippen LogP contribution is -2.34. The molecule has 0 aliphatic heterocycles. The van der Waals surface area contributed by atoms with E-state index in [9.17, 15) is 4.79 Å². The summed E-state index contributed by atoms with van der Waals surface area (Å²) in [5.74, 6) is 1.30. The second-order valence-electron chi connectivity index (χ2n) is 7.24. The summed E-state index contributed by atoms with van der Waals surface area (Å²) in [6.45, 7) is 6.20. The van der Waals surface area contributed by atoms with Gasteiger partial charge in [0.15, 0.2) is 6.61 Å². The van der Waals surface area contributed by atoms with Gasteiger partial charge >= 0.3 is 0 Å². The standard InChI is InChI=1S/C25H23N3O3/c1-3-14-28(16-23-26-25(27-31-23)20-10-8-18(2)9-11-20)24(29)17-30-22-13-12-19-6-4-5-7-21(19)15-22/h3-13,15H,1,14,16-17H2,2H3. The Hall–Kier alpha value is -3.93. The minimum Gasteiger partial charge on any atom is -0.484 e. The van der Waals surface area contributed by atoms with Gasteiger partial charge in [-0.15, -0.1) is 6.58 Å². The molecule has 1 heterocycles. The average Bonchev–Trinajstić information content (AvgIpc) is 3.26. The van der Waals surface area contributed by atoms with Crippen molar-refractivity contribution in [1.82, 2.24) is 15.0 Å². The third kappa shape index (κ3) is 4.98. The van der Waals surface area contributed by atoms with Crippen LogP contribution in [0.15, 0.2) is 83.9 Å². The monoisotopic (exact) mass is 413 g/mol. The number of carbonyl (C=O) groups is 1. The van der Waals surface area contributed by atoms with Gasteiger partial charge in [-0.05, 0) is 29.8 Å². The van der Waals surface area contributed by atoms with E-state index in [1.807, 2.05) is 73.7 Å². The van der Waals surface area contributed by atoms with Gasteiger partial charge < -0.3 is 14.2 Å². The Kier molecular flexibility index (Phi) is 6.08. The molecule has 4 aromatic rings. The fraction of sp³-hybridized carbons (Fsp3) is 0.160. The van der Waals surface area contributed by atoms with Crippen LogP contribution in [-0.4, -0.2) is 34.1 Å². The van der Waals surface area contributed by atoms with E-state index in [0.29, 0.717) is 24.0 Å². The van der Waals surface area contributed by atoms with Crippen molar-refractivity contribution in [3.8, 4) is 17.1 Å². The molecule has 0 radical (unpaired) electrons. The van der Waals surface area contributed by atoms with Crippen molar-refractivity contribution in [1.29, 1.82) is 0 Å². The number of hydrogen-bond donors (Lipinski definition) is 0. The third-order valence-electron chi connectivity index (χ3n) is 4.89. The number of nitrogens with zero attached hydrogens (tertiary/aromatic N) is 3. The highest BCUT2D eigenvalue weighted by Gasteiger charge is 2.18. The van der Waals surface area contributed by atoms with Gasteiger partial charge in [0.25, 0.3) is 5.91 Å². The maximum atomic E-state index is 12.8. The lowest BCUT2D eigenvalue weighted by Gasteiger charge is -2.19. The van der Waals surface area contributed by atoms with Crippen molar-refractivity contribution in [2.45, 2.75) is 13.5 Å². The summed E-state index contributed by atoms with van der Waals surface area (Å²) in [6, 6.07) is 21.6. The van der Waals surface area contributed by atoms with Crippen LogP contribution in [0.2, 0.25) is 0 Å². The second-order valence-corrected chi connectivity index (χ2v) is 7.24. The van der Waals surface area contributed by atoms with E-state index in [2.05, 4.69) is 16.7 Å². The van der Waals surface area contributed by atoms with E-state index in [1.165, 1.54) is 0 Å². The van der Waals surface area contributed by atoms with Gasteiger partial charge in [-0.1, -0.05) is 71.4 Å². The number of aryl methyl sites for hydroxylation is 1. The fourth-order valence-electron chi connectivity index (χ4n) is 3.21. The first-order valence-corrected chi connectivity index (χ1v) is 10.0. The molecule has 0 saturated heterocycles.